The lowest BCUT2D eigenvalue weighted by atomic mass is 10.2. The van der Waals surface area contributed by atoms with Gasteiger partial charge in [0.05, 0.1) is 238 Å². The Hall–Kier alpha value is -3.63. The number of rotatable bonds is 59. The van der Waals surface area contributed by atoms with E-state index in [1.807, 2.05) is 33.0 Å². The van der Waals surface area contributed by atoms with Gasteiger partial charge in [-0.2, -0.15) is 0 Å². The van der Waals surface area contributed by atoms with Crippen molar-refractivity contribution in [2.24, 2.45) is 0 Å². The SMILES string of the molecule is C=CCOCC(O)CC.C=CCOCC(O)CC(C)OO.C=CCOCC(O)CN(C)CC(O)COCC=C.C=CCOCC(O)CN(C)CC1CO1.C=CCOCC(O)CN(C)CC1CO1.C=CCOCC(O)COC.CC(=O)OCC1CO1.CCC1CO1.CN(CC1CO1)CC1CO1.COCC(O)COC.COCC1CO1. The van der Waals surface area contributed by atoms with Gasteiger partial charge in [-0.25, -0.2) is 4.89 Å². The first-order valence-electron chi connectivity index (χ1n) is 38.9. The third-order valence-electron chi connectivity index (χ3n) is 14.4. The van der Waals surface area contributed by atoms with Crippen molar-refractivity contribution in [3.8, 4) is 0 Å². The van der Waals surface area contributed by atoms with Crippen molar-refractivity contribution >= 4 is 5.97 Å². The fourth-order valence-electron chi connectivity index (χ4n) is 8.36. The van der Waals surface area contributed by atoms with Crippen molar-refractivity contribution < 1.29 is 146 Å². The van der Waals surface area contributed by atoms with Crippen LogP contribution in [-0.2, 0) is 99.7 Å². The van der Waals surface area contributed by atoms with Crippen LogP contribution in [0.3, 0.4) is 0 Å². The van der Waals surface area contributed by atoms with Gasteiger partial charge in [-0.15, -0.1) is 46.1 Å². The number of ether oxygens (including phenoxy) is 19. The molecule has 0 radical (unpaired) electrons. The van der Waals surface area contributed by atoms with Crippen LogP contribution in [0, 0.1) is 0 Å². The highest BCUT2D eigenvalue weighted by atomic mass is 17.1. The predicted molar refractivity (Wildman–Crippen MR) is 436 cm³/mol. The van der Waals surface area contributed by atoms with Gasteiger partial charge in [-0.3, -0.25) is 10.1 Å². The highest BCUT2D eigenvalue weighted by Gasteiger charge is 2.30. The molecule has 7 rings (SSSR count). The zero-order chi connectivity index (χ0) is 86.4. The number of nitrogens with zero attached hydrogens (tertiary/aromatic N) is 4. The number of epoxide rings is 7. The molecule has 15 atom stereocenters. The Balaban J connectivity index is -0.000000592. The summed E-state index contributed by atoms with van der Waals surface area (Å²) in [6, 6.07) is 0. The first-order chi connectivity index (χ1) is 54.7. The van der Waals surface area contributed by atoms with Gasteiger partial charge in [0.15, 0.2) is 0 Å². The Morgan fingerprint density at radius 3 is 0.851 bits per heavy atom. The van der Waals surface area contributed by atoms with Crippen molar-refractivity contribution in [2.45, 2.75) is 145 Å². The van der Waals surface area contributed by atoms with Crippen LogP contribution in [0.4, 0.5) is 0 Å². The van der Waals surface area contributed by atoms with E-state index in [-0.39, 0.29) is 44.1 Å². The largest absolute Gasteiger partial charge is 0.463 e. The molecule has 0 spiro atoms. The normalized spacial score (nSPS) is 20.4. The number of hydrogen-bond donors (Lipinski definition) is 9. The zero-order valence-electron chi connectivity index (χ0n) is 71.3. The van der Waals surface area contributed by atoms with E-state index in [9.17, 15) is 30.3 Å². The van der Waals surface area contributed by atoms with Gasteiger partial charge in [0.1, 0.15) is 31.0 Å². The van der Waals surface area contributed by atoms with E-state index >= 15 is 0 Å². The molecule has 0 aromatic rings. The van der Waals surface area contributed by atoms with E-state index in [1.54, 1.807) is 70.8 Å². The molecule has 0 aliphatic carbocycles. The van der Waals surface area contributed by atoms with Gasteiger partial charge < -0.3 is 150 Å². The minimum Gasteiger partial charge on any atom is -0.463 e. The Morgan fingerprint density at radius 2 is 0.623 bits per heavy atom. The molecule has 0 bridgehead atoms. The van der Waals surface area contributed by atoms with Crippen LogP contribution >= 0.6 is 0 Å². The molecule has 15 unspecified atom stereocenters. The van der Waals surface area contributed by atoms with Gasteiger partial charge in [0.2, 0.25) is 0 Å². The molecule has 34 nitrogen and oxygen atoms in total. The van der Waals surface area contributed by atoms with E-state index in [0.29, 0.717) is 168 Å². The van der Waals surface area contributed by atoms with Crippen LogP contribution in [0.2, 0.25) is 0 Å². The average molecular weight is 1650 g/mol. The molecule has 114 heavy (non-hydrogen) atoms. The van der Waals surface area contributed by atoms with E-state index in [2.05, 4.69) is 98.6 Å². The number of methoxy groups -OCH3 is 4. The standard InChI is InChI=1S/C13H25NO4.2C10H19NO3.C8H16O4.C7H13NO2.C7H14O3.C7H14O2.C5H8O3.C5H12O3.C4H8O2.C4H8O/c1-4-6-17-10-12(15)8-14(3)9-13(16)11-18-7-5-2;2*1-3-4-13-7-9(12)5-11(2)6-10-8-14-10;1-3-4-11-6-8(9)5-7(2)12-10;1-8(2-6-4-9-6)3-7-5-10-7;1-3-4-10-6-7(8)5-9-2;1-3-5-9-6-7(8)4-2;1-4(6)7-2-5-3-8-5;1-7-3-5(6)4-8-2;1-5-2-4-3-6-4;1-2-4-3-5-4/h4-5,12-13,15-16H,1-2,6-11H2,3H3;2*3,9-10,12H,1,4-8H2,2H3;3,7-10H,1,4-6H2,2H3;6-7H,2-5H2,1H3;3,7-8H,1,4-6H2,2H3;3,7-8H,1,4-6H2,2H3;5H,2-3H2,1H3;5-6H,3-4H2,1-2H3;4H,2-3H2,1H3;4H,2-3H2,1H3. The monoisotopic (exact) mass is 1650 g/mol. The van der Waals surface area contributed by atoms with Crippen LogP contribution in [0.5, 0.6) is 0 Å². The van der Waals surface area contributed by atoms with Gasteiger partial charge in [0, 0.05) is 94.1 Å². The van der Waals surface area contributed by atoms with Crippen LogP contribution in [0.1, 0.15) is 47.0 Å². The Morgan fingerprint density at radius 1 is 0.368 bits per heavy atom. The molecule has 0 aromatic heterocycles. The summed E-state index contributed by atoms with van der Waals surface area (Å²) in [4.78, 5) is 22.3. The van der Waals surface area contributed by atoms with E-state index in [4.69, 9.17) is 91.6 Å². The molecular weight excluding hydrogens is 1500 g/mol. The zero-order valence-corrected chi connectivity index (χ0v) is 71.3. The van der Waals surface area contributed by atoms with Crippen molar-refractivity contribution in [1.29, 1.82) is 0 Å². The fourth-order valence-corrected chi connectivity index (χ4v) is 8.36. The maximum absolute atomic E-state index is 10.1. The summed E-state index contributed by atoms with van der Waals surface area (Å²) in [5, 5.41) is 82.5. The van der Waals surface area contributed by atoms with Gasteiger partial charge in [0.25, 0.3) is 0 Å². The average Bonchev–Trinajstić information content (AvgIpc) is 1.75. The number of hydrogen-bond acceptors (Lipinski definition) is 34. The number of esters is 1. The number of aliphatic hydroxyl groups is 8. The molecule has 7 fully saturated rings. The van der Waals surface area contributed by atoms with E-state index in [0.717, 1.165) is 85.5 Å². The first-order valence-corrected chi connectivity index (χ1v) is 38.9. The second kappa shape index (κ2) is 84.4. The lowest BCUT2D eigenvalue weighted by Crippen LogP contribution is -2.38. The molecule has 9 N–H and O–H groups in total. The third-order valence-corrected chi connectivity index (χ3v) is 14.4. The Kier molecular flexibility index (Phi) is 86.4. The van der Waals surface area contributed by atoms with E-state index < -0.39 is 42.7 Å². The van der Waals surface area contributed by atoms with Crippen molar-refractivity contribution in [2.75, 3.05) is 281 Å². The summed E-state index contributed by atoms with van der Waals surface area (Å²) >= 11 is 0. The summed E-state index contributed by atoms with van der Waals surface area (Å²) in [6.07, 6.45) is 12.6. The summed E-state index contributed by atoms with van der Waals surface area (Å²) in [7, 11) is 14.2. The smallest absolute Gasteiger partial charge is 0.302 e. The highest BCUT2D eigenvalue weighted by Crippen LogP contribution is 2.15. The molecule has 7 aliphatic heterocycles. The highest BCUT2D eigenvalue weighted by molar-refractivity contribution is 5.65. The molecule has 0 aromatic carbocycles. The van der Waals surface area contributed by atoms with Crippen LogP contribution in [-0.4, -0.2) is 450 Å². The van der Waals surface area contributed by atoms with Crippen LogP contribution in [0.15, 0.2) is 88.6 Å². The van der Waals surface area contributed by atoms with Crippen molar-refractivity contribution in [3.05, 3.63) is 88.6 Å². The van der Waals surface area contributed by atoms with E-state index in [1.165, 1.54) is 20.5 Å². The maximum atomic E-state index is 10.1. The molecule has 0 amide bonds. The first kappa shape index (κ1) is 117. The van der Waals surface area contributed by atoms with Gasteiger partial charge in [-0.05, 0) is 48.0 Å². The summed E-state index contributed by atoms with van der Waals surface area (Å²) in [6.45, 7) is 51.6. The summed E-state index contributed by atoms with van der Waals surface area (Å²) in [5.41, 5.74) is 0. The molecule has 0 saturated carbocycles. The second-order valence-electron chi connectivity index (χ2n) is 27.2. The molecule has 7 saturated heterocycles. The lowest BCUT2D eigenvalue weighted by molar-refractivity contribution is -0.278. The molecule has 7 heterocycles. The minimum absolute atomic E-state index is 0.193. The number of carbonyl (C=O) groups excluding carboxylic acids is 1. The molecule has 676 valence electrons. The number of aliphatic hydroxyl groups excluding tert-OH is 8. The van der Waals surface area contributed by atoms with Crippen molar-refractivity contribution in [3.63, 3.8) is 0 Å². The molecule has 7 aliphatic rings. The Bertz CT molecular complexity index is 2060. The topological polar surface area (TPSA) is 420 Å². The third kappa shape index (κ3) is 101. The lowest BCUT2D eigenvalue weighted by Gasteiger charge is -2.23. The van der Waals surface area contributed by atoms with Crippen LogP contribution in [0.25, 0.3) is 0 Å². The Labute approximate surface area is 682 Å². The molecular formula is C80H156N4O30. The van der Waals surface area contributed by atoms with Gasteiger partial charge in [-0.1, -0.05) is 56.4 Å². The summed E-state index contributed by atoms with van der Waals surface area (Å²) < 4.78 is 93.6. The summed E-state index contributed by atoms with van der Waals surface area (Å²) in [5.74, 6) is -0.236. The van der Waals surface area contributed by atoms with Crippen LogP contribution < -0.4 is 0 Å². The fraction of sp³-hybridized carbons (Fsp3) is 0.812. The van der Waals surface area contributed by atoms with Gasteiger partial charge >= 0.3 is 5.97 Å². The molecule has 34 heteroatoms. The number of likely N-dealkylation sites (N-methyl/N-ethyl adjacent to an activating group) is 4. The quantitative estimate of drug-likeness (QED) is 0.0105. The second-order valence-corrected chi connectivity index (χ2v) is 27.2. The van der Waals surface area contributed by atoms with Crippen molar-refractivity contribution in [1.82, 2.24) is 19.6 Å². The number of carbonyl (C=O) groups is 1. The maximum Gasteiger partial charge on any atom is 0.302 e. The predicted octanol–water partition coefficient (Wildman–Crippen LogP) is 1.91. The minimum atomic E-state index is -0.605.